The van der Waals surface area contributed by atoms with Crippen molar-refractivity contribution in [3.63, 3.8) is 0 Å². The quantitative estimate of drug-likeness (QED) is 0.443. The van der Waals surface area contributed by atoms with Crippen LogP contribution in [-0.2, 0) is 18.3 Å². The van der Waals surface area contributed by atoms with Gasteiger partial charge in [0.05, 0.1) is 11.8 Å². The van der Waals surface area contributed by atoms with E-state index in [1.165, 1.54) is 16.0 Å². The van der Waals surface area contributed by atoms with Gasteiger partial charge < -0.3 is 15.2 Å². The van der Waals surface area contributed by atoms with Crippen LogP contribution in [0, 0.1) is 5.92 Å². The number of aryl methyl sites for hydroxylation is 2. The molecule has 0 radical (unpaired) electrons. The fourth-order valence-corrected chi connectivity index (χ4v) is 4.31. The lowest BCUT2D eigenvalue weighted by atomic mass is 10.1. The van der Waals surface area contributed by atoms with Crippen LogP contribution in [0.15, 0.2) is 48.1 Å². The summed E-state index contributed by atoms with van der Waals surface area (Å²) >= 11 is 1.74. The Labute approximate surface area is 179 Å². The number of hydrogen-bond donors (Lipinski definition) is 2. The number of hydrogen-bond acceptors (Lipinski definition) is 5. The highest BCUT2D eigenvalue weighted by Gasteiger charge is 2.30. The lowest BCUT2D eigenvalue weighted by molar-refractivity contribution is -0.117. The molecule has 0 unspecified atom stereocenters. The van der Waals surface area contributed by atoms with Gasteiger partial charge >= 0.3 is 0 Å². The summed E-state index contributed by atoms with van der Waals surface area (Å²) in [6.45, 7) is 2.15. The van der Waals surface area contributed by atoms with Gasteiger partial charge in [-0.3, -0.25) is 4.79 Å². The van der Waals surface area contributed by atoms with E-state index in [2.05, 4.69) is 58.3 Å². The van der Waals surface area contributed by atoms with Crippen molar-refractivity contribution in [3.8, 4) is 10.4 Å². The minimum Gasteiger partial charge on any atom is -0.340 e. The van der Waals surface area contributed by atoms with Crippen molar-refractivity contribution < 1.29 is 4.79 Å². The Morgan fingerprint density at radius 2 is 2.13 bits per heavy atom. The molecule has 7 heteroatoms. The lowest BCUT2D eigenvalue weighted by Gasteiger charge is -2.14. The van der Waals surface area contributed by atoms with E-state index in [0.29, 0.717) is 17.2 Å². The number of carbonyl (C=O) groups excluding carboxylic acids is 1. The number of anilines is 3. The van der Waals surface area contributed by atoms with Crippen molar-refractivity contribution in [2.24, 2.45) is 13.0 Å². The molecule has 3 heterocycles. The van der Waals surface area contributed by atoms with E-state index in [1.807, 2.05) is 17.7 Å². The van der Waals surface area contributed by atoms with Crippen molar-refractivity contribution >= 4 is 45.6 Å². The smallest absolute Gasteiger partial charge is 0.228 e. The molecule has 3 aromatic heterocycles. The number of aromatic nitrogens is 3. The molecule has 0 aliphatic heterocycles. The number of thiophene rings is 1. The average Bonchev–Trinajstić information content (AvgIpc) is 3.34. The summed E-state index contributed by atoms with van der Waals surface area (Å²) in [4.78, 5) is 22.7. The van der Waals surface area contributed by atoms with Gasteiger partial charge in [0.2, 0.25) is 5.91 Å². The standard InChI is InChI=1S/C23H23N5OS/c1-3-14-11-16(19-5-4-10-30-19)8-9-17(14)25-20-12-18-21(24-13-28(18)2)22(26-20)27-23(29)15-6-7-15/h4-5,8-13,15H,3,6-7H2,1-2H3,(H2,25,26,27,29). The van der Waals surface area contributed by atoms with Gasteiger partial charge in [-0.1, -0.05) is 19.1 Å². The van der Waals surface area contributed by atoms with Gasteiger partial charge in [0, 0.05) is 29.6 Å². The molecule has 6 nitrogen and oxygen atoms in total. The number of nitrogens with one attached hydrogen (secondary N) is 2. The number of benzene rings is 1. The zero-order chi connectivity index (χ0) is 20.7. The van der Waals surface area contributed by atoms with Crippen LogP contribution in [0.3, 0.4) is 0 Å². The third kappa shape index (κ3) is 3.57. The highest BCUT2D eigenvalue weighted by molar-refractivity contribution is 7.13. The van der Waals surface area contributed by atoms with Gasteiger partial charge in [-0.25, -0.2) is 9.97 Å². The van der Waals surface area contributed by atoms with Crippen LogP contribution in [0.5, 0.6) is 0 Å². The number of carbonyl (C=O) groups is 1. The maximum absolute atomic E-state index is 12.3. The Morgan fingerprint density at radius 3 is 2.87 bits per heavy atom. The Bertz CT molecular complexity index is 1220. The summed E-state index contributed by atoms with van der Waals surface area (Å²) in [6.07, 6.45) is 4.55. The van der Waals surface area contributed by atoms with Crippen LogP contribution in [0.25, 0.3) is 21.5 Å². The molecule has 1 fully saturated rings. The second-order valence-electron chi connectivity index (χ2n) is 7.67. The van der Waals surface area contributed by atoms with Gasteiger partial charge in [0.25, 0.3) is 0 Å². The molecule has 0 atom stereocenters. The largest absolute Gasteiger partial charge is 0.340 e. The molecule has 1 saturated carbocycles. The fraction of sp³-hybridized carbons (Fsp3) is 0.261. The monoisotopic (exact) mass is 417 g/mol. The molecule has 1 aliphatic rings. The number of nitrogens with zero attached hydrogens (tertiary/aromatic N) is 3. The van der Waals surface area contributed by atoms with Crippen molar-refractivity contribution in [2.75, 3.05) is 10.6 Å². The van der Waals surface area contributed by atoms with E-state index < -0.39 is 0 Å². The zero-order valence-corrected chi connectivity index (χ0v) is 17.8. The zero-order valence-electron chi connectivity index (χ0n) is 17.0. The van der Waals surface area contributed by atoms with Crippen LogP contribution in [0.1, 0.15) is 25.3 Å². The van der Waals surface area contributed by atoms with Crippen molar-refractivity contribution in [2.45, 2.75) is 26.2 Å². The third-order valence-electron chi connectivity index (χ3n) is 5.46. The van der Waals surface area contributed by atoms with Crippen molar-refractivity contribution in [1.29, 1.82) is 0 Å². The highest BCUT2D eigenvalue weighted by Crippen LogP contribution is 2.33. The first-order valence-corrected chi connectivity index (χ1v) is 11.1. The van der Waals surface area contributed by atoms with Crippen LogP contribution in [0.4, 0.5) is 17.3 Å². The summed E-state index contributed by atoms with van der Waals surface area (Å²) in [6, 6.07) is 12.6. The molecule has 152 valence electrons. The van der Waals surface area contributed by atoms with E-state index in [1.54, 1.807) is 17.7 Å². The summed E-state index contributed by atoms with van der Waals surface area (Å²) < 4.78 is 1.94. The van der Waals surface area contributed by atoms with E-state index in [-0.39, 0.29) is 11.8 Å². The minimum absolute atomic E-state index is 0.0288. The molecule has 5 rings (SSSR count). The predicted molar refractivity (Wildman–Crippen MR) is 122 cm³/mol. The first kappa shape index (κ1) is 18.8. The number of imidazole rings is 1. The Hall–Kier alpha value is -3.19. The Kier molecular flexibility index (Phi) is 4.75. The number of fused-ring (bicyclic) bond motifs is 1. The number of rotatable bonds is 6. The fourth-order valence-electron chi connectivity index (χ4n) is 3.59. The Morgan fingerprint density at radius 1 is 1.27 bits per heavy atom. The average molecular weight is 418 g/mol. The molecular formula is C23H23N5OS. The van der Waals surface area contributed by atoms with Gasteiger partial charge in [-0.15, -0.1) is 11.3 Å². The topological polar surface area (TPSA) is 71.8 Å². The molecule has 2 N–H and O–H groups in total. The van der Waals surface area contributed by atoms with E-state index >= 15 is 0 Å². The maximum Gasteiger partial charge on any atom is 0.228 e. The molecule has 30 heavy (non-hydrogen) atoms. The first-order chi connectivity index (χ1) is 14.6. The van der Waals surface area contributed by atoms with Crippen LogP contribution in [0.2, 0.25) is 0 Å². The number of amides is 1. The molecule has 0 saturated heterocycles. The van der Waals surface area contributed by atoms with Crippen molar-refractivity contribution in [1.82, 2.24) is 14.5 Å². The van der Waals surface area contributed by atoms with Gasteiger partial charge in [-0.05, 0) is 54.0 Å². The molecule has 0 spiro atoms. The minimum atomic E-state index is 0.0288. The summed E-state index contributed by atoms with van der Waals surface area (Å²) in [5.41, 5.74) is 5.09. The molecule has 1 amide bonds. The Balaban J connectivity index is 1.50. The van der Waals surface area contributed by atoms with Crippen LogP contribution >= 0.6 is 11.3 Å². The van der Waals surface area contributed by atoms with E-state index in [9.17, 15) is 4.79 Å². The number of pyridine rings is 1. The van der Waals surface area contributed by atoms with Crippen LogP contribution in [-0.4, -0.2) is 20.4 Å². The predicted octanol–water partition coefficient (Wildman–Crippen LogP) is 5.35. The summed E-state index contributed by atoms with van der Waals surface area (Å²) in [5, 5.41) is 8.54. The van der Waals surface area contributed by atoms with Crippen molar-refractivity contribution in [3.05, 3.63) is 53.7 Å². The van der Waals surface area contributed by atoms with E-state index in [4.69, 9.17) is 4.98 Å². The normalized spacial score (nSPS) is 13.5. The SMILES string of the molecule is CCc1cc(-c2cccs2)ccc1Nc1cc2c(ncn2C)c(NC(=O)C2CC2)n1. The third-order valence-corrected chi connectivity index (χ3v) is 6.38. The molecule has 1 aliphatic carbocycles. The molecular weight excluding hydrogens is 394 g/mol. The highest BCUT2D eigenvalue weighted by atomic mass is 32.1. The summed E-state index contributed by atoms with van der Waals surface area (Å²) in [7, 11) is 1.94. The van der Waals surface area contributed by atoms with Gasteiger partial charge in [-0.2, -0.15) is 0 Å². The second-order valence-corrected chi connectivity index (χ2v) is 8.62. The maximum atomic E-state index is 12.3. The van der Waals surface area contributed by atoms with E-state index in [0.717, 1.165) is 30.5 Å². The summed E-state index contributed by atoms with van der Waals surface area (Å²) in [5.74, 6) is 1.34. The lowest BCUT2D eigenvalue weighted by Crippen LogP contribution is -2.15. The molecule has 0 bridgehead atoms. The van der Waals surface area contributed by atoms with Gasteiger partial charge in [0.15, 0.2) is 5.82 Å². The molecule has 4 aromatic rings. The first-order valence-electron chi connectivity index (χ1n) is 10.2. The van der Waals surface area contributed by atoms with Crippen LogP contribution < -0.4 is 10.6 Å². The second kappa shape index (κ2) is 7.57. The molecule has 1 aromatic carbocycles. The van der Waals surface area contributed by atoms with Gasteiger partial charge in [0.1, 0.15) is 11.3 Å².